The zero-order valence-corrected chi connectivity index (χ0v) is 16.1. The lowest BCUT2D eigenvalue weighted by Crippen LogP contribution is -2.14. The summed E-state index contributed by atoms with van der Waals surface area (Å²) >= 11 is 1.55. The summed E-state index contributed by atoms with van der Waals surface area (Å²) in [5.74, 6) is -2.24. The first-order valence-electron chi connectivity index (χ1n) is 8.22. The fraction of sp³-hybridized carbons (Fsp3) is 0.105. The molecule has 2 N–H and O–H groups in total. The van der Waals surface area contributed by atoms with Gasteiger partial charge >= 0.3 is 0 Å². The number of rotatable bonds is 8. The normalized spacial score (nSPS) is 11.2. The predicted octanol–water partition coefficient (Wildman–Crippen LogP) is 5.02. The Labute approximate surface area is 169 Å². The van der Waals surface area contributed by atoms with E-state index in [1.807, 2.05) is 36.4 Å². The molecule has 1 amide bonds. The standard InChI is InChI=1S/C19H16F2N4OS2/c20-18(21)28-15-9-5-4-8-14(15)22-17(26)12-27-19-23-16(24-25-19)11-10-13-6-2-1-3-7-13/h1-11,18H,12H2,(H,22,26)(H,23,24,25)/b11-10+. The van der Waals surface area contributed by atoms with Gasteiger partial charge in [-0.3, -0.25) is 9.89 Å². The number of para-hydroxylation sites is 1. The van der Waals surface area contributed by atoms with E-state index in [1.165, 1.54) is 0 Å². The minimum atomic E-state index is -2.55. The van der Waals surface area contributed by atoms with Crippen molar-refractivity contribution in [1.82, 2.24) is 15.2 Å². The average Bonchev–Trinajstić information content (AvgIpc) is 3.15. The van der Waals surface area contributed by atoms with Crippen molar-refractivity contribution in [2.24, 2.45) is 0 Å². The Hall–Kier alpha value is -2.65. The van der Waals surface area contributed by atoms with Crippen molar-refractivity contribution in [2.45, 2.75) is 15.8 Å². The van der Waals surface area contributed by atoms with Crippen LogP contribution >= 0.6 is 23.5 Å². The third kappa shape index (κ3) is 6.21. The minimum Gasteiger partial charge on any atom is -0.324 e. The van der Waals surface area contributed by atoms with Crippen LogP contribution in [0.3, 0.4) is 0 Å². The maximum absolute atomic E-state index is 12.6. The van der Waals surface area contributed by atoms with Crippen LogP contribution in [0.1, 0.15) is 11.4 Å². The van der Waals surface area contributed by atoms with Gasteiger partial charge in [-0.05, 0) is 23.8 Å². The molecule has 0 saturated heterocycles. The molecule has 0 unspecified atom stereocenters. The lowest BCUT2D eigenvalue weighted by atomic mass is 10.2. The van der Waals surface area contributed by atoms with Crippen LogP contribution in [0.4, 0.5) is 14.5 Å². The van der Waals surface area contributed by atoms with Gasteiger partial charge in [-0.15, -0.1) is 5.10 Å². The fourth-order valence-electron chi connectivity index (χ4n) is 2.22. The third-order valence-electron chi connectivity index (χ3n) is 3.42. The summed E-state index contributed by atoms with van der Waals surface area (Å²) in [7, 11) is 0. The summed E-state index contributed by atoms with van der Waals surface area (Å²) in [6.07, 6.45) is 3.70. The Balaban J connectivity index is 1.53. The number of nitrogens with zero attached hydrogens (tertiary/aromatic N) is 2. The van der Waals surface area contributed by atoms with Crippen LogP contribution in [-0.4, -0.2) is 32.6 Å². The van der Waals surface area contributed by atoms with Crippen molar-refractivity contribution in [3.05, 3.63) is 66.0 Å². The van der Waals surface area contributed by atoms with Gasteiger partial charge in [0.05, 0.1) is 11.4 Å². The predicted molar refractivity (Wildman–Crippen MR) is 109 cm³/mol. The molecule has 0 bridgehead atoms. The minimum absolute atomic E-state index is 0.0629. The molecule has 28 heavy (non-hydrogen) atoms. The number of aromatic nitrogens is 3. The molecular formula is C19H16F2N4OS2. The average molecular weight is 418 g/mol. The molecule has 3 rings (SSSR count). The van der Waals surface area contributed by atoms with Gasteiger partial charge in [-0.25, -0.2) is 4.98 Å². The molecular weight excluding hydrogens is 402 g/mol. The van der Waals surface area contributed by atoms with Gasteiger partial charge in [-0.1, -0.05) is 72.1 Å². The van der Waals surface area contributed by atoms with E-state index in [-0.39, 0.29) is 11.7 Å². The van der Waals surface area contributed by atoms with Crippen molar-refractivity contribution in [2.75, 3.05) is 11.1 Å². The largest absolute Gasteiger partial charge is 0.324 e. The highest BCUT2D eigenvalue weighted by Crippen LogP contribution is 2.31. The number of halogens is 2. The topological polar surface area (TPSA) is 70.7 Å². The fourth-order valence-corrected chi connectivity index (χ4v) is 3.42. The number of carbonyl (C=O) groups is 1. The zero-order valence-electron chi connectivity index (χ0n) is 14.5. The van der Waals surface area contributed by atoms with Crippen molar-refractivity contribution < 1.29 is 13.6 Å². The molecule has 9 heteroatoms. The van der Waals surface area contributed by atoms with E-state index in [1.54, 1.807) is 30.3 Å². The maximum atomic E-state index is 12.6. The molecule has 144 valence electrons. The summed E-state index contributed by atoms with van der Waals surface area (Å²) < 4.78 is 25.2. The highest BCUT2D eigenvalue weighted by Gasteiger charge is 2.12. The Bertz CT molecular complexity index is 948. The summed E-state index contributed by atoms with van der Waals surface area (Å²) in [4.78, 5) is 16.7. The molecule has 1 heterocycles. The first-order valence-corrected chi connectivity index (χ1v) is 10.1. The van der Waals surface area contributed by atoms with Gasteiger partial charge in [0, 0.05) is 4.90 Å². The van der Waals surface area contributed by atoms with Gasteiger partial charge in [0.15, 0.2) is 0 Å². The van der Waals surface area contributed by atoms with Crippen LogP contribution in [0.25, 0.3) is 12.2 Å². The lowest BCUT2D eigenvalue weighted by molar-refractivity contribution is -0.113. The van der Waals surface area contributed by atoms with E-state index in [2.05, 4.69) is 20.5 Å². The monoisotopic (exact) mass is 418 g/mol. The van der Waals surface area contributed by atoms with Crippen LogP contribution in [-0.2, 0) is 4.79 Å². The number of nitrogens with one attached hydrogen (secondary N) is 2. The van der Waals surface area contributed by atoms with Gasteiger partial charge in [0.25, 0.3) is 5.76 Å². The molecule has 0 atom stereocenters. The molecule has 5 nitrogen and oxygen atoms in total. The molecule has 0 aliphatic carbocycles. The number of hydrogen-bond donors (Lipinski definition) is 2. The summed E-state index contributed by atoms with van der Waals surface area (Å²) in [5.41, 5.74) is 1.40. The van der Waals surface area contributed by atoms with Crippen molar-refractivity contribution >= 4 is 47.3 Å². The molecule has 2 aromatic carbocycles. The lowest BCUT2D eigenvalue weighted by Gasteiger charge is -2.09. The second-order valence-electron chi connectivity index (χ2n) is 5.46. The van der Waals surface area contributed by atoms with Gasteiger partial charge in [0.2, 0.25) is 11.1 Å². The number of H-pyrrole nitrogens is 1. The van der Waals surface area contributed by atoms with Gasteiger partial charge in [-0.2, -0.15) is 8.78 Å². The van der Waals surface area contributed by atoms with E-state index < -0.39 is 5.76 Å². The highest BCUT2D eigenvalue weighted by atomic mass is 32.2. The smallest absolute Gasteiger partial charge is 0.288 e. The van der Waals surface area contributed by atoms with Crippen LogP contribution in [0.5, 0.6) is 0 Å². The highest BCUT2D eigenvalue weighted by molar-refractivity contribution is 8.00. The van der Waals surface area contributed by atoms with Crippen molar-refractivity contribution in [3.63, 3.8) is 0 Å². The molecule has 3 aromatic rings. The number of benzene rings is 2. The third-order valence-corrected chi connectivity index (χ3v) is 5.06. The molecule has 0 radical (unpaired) electrons. The van der Waals surface area contributed by atoms with E-state index in [4.69, 9.17) is 0 Å². The Morgan fingerprint density at radius 2 is 1.86 bits per heavy atom. The number of alkyl halides is 2. The van der Waals surface area contributed by atoms with Gasteiger partial charge < -0.3 is 5.32 Å². The van der Waals surface area contributed by atoms with E-state index in [0.717, 1.165) is 17.3 Å². The van der Waals surface area contributed by atoms with Gasteiger partial charge in [0.1, 0.15) is 5.82 Å². The summed E-state index contributed by atoms with van der Waals surface area (Å²) in [5, 5.41) is 9.92. The first-order chi connectivity index (χ1) is 13.6. The maximum Gasteiger partial charge on any atom is 0.288 e. The number of amides is 1. The SMILES string of the molecule is O=C(CSc1n[nH]c(/C=C/c2ccccc2)n1)Nc1ccccc1SC(F)F. The van der Waals surface area contributed by atoms with Crippen LogP contribution < -0.4 is 5.32 Å². The number of thioether (sulfide) groups is 2. The number of anilines is 1. The zero-order chi connectivity index (χ0) is 19.8. The second-order valence-corrected chi connectivity index (χ2v) is 7.43. The Kier molecular flexibility index (Phi) is 7.21. The van der Waals surface area contributed by atoms with Crippen LogP contribution in [0.2, 0.25) is 0 Å². The number of carbonyl (C=O) groups excluding carboxylic acids is 1. The molecule has 0 spiro atoms. The van der Waals surface area contributed by atoms with Crippen LogP contribution in [0, 0.1) is 0 Å². The molecule has 0 aliphatic rings. The Morgan fingerprint density at radius 1 is 1.11 bits per heavy atom. The molecule has 0 fully saturated rings. The van der Waals surface area contributed by atoms with Crippen molar-refractivity contribution in [3.8, 4) is 0 Å². The molecule has 0 aliphatic heterocycles. The summed E-state index contributed by atoms with van der Waals surface area (Å²) in [6.45, 7) is 0. The molecule has 1 aromatic heterocycles. The quantitative estimate of drug-likeness (QED) is 0.503. The summed E-state index contributed by atoms with van der Waals surface area (Å²) in [6, 6.07) is 16.2. The first kappa shape index (κ1) is 20.1. The van der Waals surface area contributed by atoms with E-state index >= 15 is 0 Å². The van der Waals surface area contributed by atoms with Crippen molar-refractivity contribution in [1.29, 1.82) is 0 Å². The number of aromatic amines is 1. The second kappa shape index (κ2) is 10.0. The molecule has 0 saturated carbocycles. The number of hydrogen-bond acceptors (Lipinski definition) is 5. The van der Waals surface area contributed by atoms with E-state index in [0.29, 0.717) is 33.3 Å². The van der Waals surface area contributed by atoms with Crippen LogP contribution in [0.15, 0.2) is 64.6 Å². The Morgan fingerprint density at radius 3 is 2.64 bits per heavy atom. The van der Waals surface area contributed by atoms with E-state index in [9.17, 15) is 13.6 Å².